The molecule has 0 bridgehead atoms. The van der Waals surface area contributed by atoms with Crippen LogP contribution in [0.5, 0.6) is 0 Å². The topological polar surface area (TPSA) is 52.6 Å². The third-order valence-electron chi connectivity index (χ3n) is 4.54. The van der Waals surface area contributed by atoms with E-state index in [0.717, 1.165) is 19.6 Å². The van der Waals surface area contributed by atoms with Gasteiger partial charge in [0.2, 0.25) is 11.8 Å². The van der Waals surface area contributed by atoms with Gasteiger partial charge >= 0.3 is 0 Å². The zero-order valence-corrected chi connectivity index (χ0v) is 13.8. The second kappa shape index (κ2) is 6.34. The summed E-state index contributed by atoms with van der Waals surface area (Å²) in [5.41, 5.74) is -0.251. The lowest BCUT2D eigenvalue weighted by molar-refractivity contribution is -0.137. The van der Waals surface area contributed by atoms with E-state index in [0.29, 0.717) is 18.9 Å². The van der Waals surface area contributed by atoms with Gasteiger partial charge in [-0.2, -0.15) is 0 Å². The highest BCUT2D eigenvalue weighted by molar-refractivity contribution is 5.90. The summed E-state index contributed by atoms with van der Waals surface area (Å²) in [6.45, 7) is 9.55. The Labute approximate surface area is 128 Å². The van der Waals surface area contributed by atoms with E-state index in [1.165, 1.54) is 12.8 Å². The number of rotatable bonds is 2. The molecule has 5 heteroatoms. The van der Waals surface area contributed by atoms with E-state index in [4.69, 9.17) is 0 Å². The molecule has 2 aliphatic rings. The van der Waals surface area contributed by atoms with Gasteiger partial charge in [-0.15, -0.1) is 0 Å². The van der Waals surface area contributed by atoms with Crippen molar-refractivity contribution in [2.24, 2.45) is 11.3 Å². The number of hydrogen-bond acceptors (Lipinski definition) is 3. The molecule has 0 aliphatic carbocycles. The van der Waals surface area contributed by atoms with E-state index in [-0.39, 0.29) is 17.2 Å². The van der Waals surface area contributed by atoms with Gasteiger partial charge in [-0.1, -0.05) is 20.8 Å². The Hall–Kier alpha value is -1.10. The number of piperidine rings is 1. The second-order valence-electron chi connectivity index (χ2n) is 7.67. The fourth-order valence-electron chi connectivity index (χ4n) is 3.33. The van der Waals surface area contributed by atoms with Gasteiger partial charge in [0.05, 0.1) is 0 Å². The van der Waals surface area contributed by atoms with Crippen molar-refractivity contribution in [3.05, 3.63) is 0 Å². The lowest BCUT2D eigenvalue weighted by Gasteiger charge is -2.36. The van der Waals surface area contributed by atoms with Gasteiger partial charge < -0.3 is 15.1 Å². The van der Waals surface area contributed by atoms with E-state index >= 15 is 0 Å². The molecule has 1 N–H and O–H groups in total. The van der Waals surface area contributed by atoms with Crippen molar-refractivity contribution in [2.45, 2.75) is 46.1 Å². The van der Waals surface area contributed by atoms with Gasteiger partial charge in [-0.05, 0) is 37.8 Å². The number of likely N-dealkylation sites (tertiary alicyclic amines) is 1. The maximum Gasteiger partial charge on any atom is 0.245 e. The number of carbonyl (C=O) groups excluding carboxylic acids is 2. The Morgan fingerprint density at radius 1 is 1.24 bits per heavy atom. The molecule has 2 atom stereocenters. The van der Waals surface area contributed by atoms with Crippen LogP contribution in [0.4, 0.5) is 0 Å². The third-order valence-corrected chi connectivity index (χ3v) is 4.54. The molecule has 0 saturated carbocycles. The molecule has 2 fully saturated rings. The summed E-state index contributed by atoms with van der Waals surface area (Å²) in [5, 5.41) is 2.90. The predicted octanol–water partition coefficient (Wildman–Crippen LogP) is 1.09. The van der Waals surface area contributed by atoms with Gasteiger partial charge in [0, 0.05) is 26.1 Å². The molecule has 2 unspecified atom stereocenters. The summed E-state index contributed by atoms with van der Waals surface area (Å²) in [6.07, 6.45) is 2.79. The highest BCUT2D eigenvalue weighted by Gasteiger charge is 2.38. The first-order valence-electron chi connectivity index (χ1n) is 8.04. The van der Waals surface area contributed by atoms with E-state index < -0.39 is 6.04 Å². The standard InChI is InChI=1S/C16H29N3O2/c1-16(2,3)14-15(21)19(9-7-13(20)17-14)11-12-6-5-8-18(4)10-12/h12,14H,5-11H2,1-4H3,(H,17,20). The number of hydrogen-bond donors (Lipinski definition) is 1. The molecule has 2 rings (SSSR count). The second-order valence-corrected chi connectivity index (χ2v) is 7.67. The maximum absolute atomic E-state index is 12.8. The van der Waals surface area contributed by atoms with Crippen LogP contribution in [0.2, 0.25) is 0 Å². The lowest BCUT2D eigenvalue weighted by atomic mass is 9.85. The Morgan fingerprint density at radius 2 is 1.95 bits per heavy atom. The molecular weight excluding hydrogens is 266 g/mol. The van der Waals surface area contributed by atoms with Crippen LogP contribution < -0.4 is 5.32 Å². The molecule has 0 aromatic rings. The monoisotopic (exact) mass is 295 g/mol. The molecule has 0 aromatic carbocycles. The summed E-state index contributed by atoms with van der Waals surface area (Å²) >= 11 is 0. The fraction of sp³-hybridized carbons (Fsp3) is 0.875. The van der Waals surface area contributed by atoms with Crippen molar-refractivity contribution < 1.29 is 9.59 Å². The first-order chi connectivity index (χ1) is 9.77. The Kier molecular flexibility index (Phi) is 4.91. The Bertz CT molecular complexity index is 403. The predicted molar refractivity (Wildman–Crippen MR) is 82.8 cm³/mol. The van der Waals surface area contributed by atoms with Crippen LogP contribution >= 0.6 is 0 Å². The zero-order chi connectivity index (χ0) is 15.6. The highest BCUT2D eigenvalue weighted by Crippen LogP contribution is 2.24. The van der Waals surface area contributed by atoms with Crippen LogP contribution in [0.3, 0.4) is 0 Å². The summed E-state index contributed by atoms with van der Waals surface area (Å²) in [6, 6.07) is -0.408. The highest BCUT2D eigenvalue weighted by atomic mass is 16.2. The SMILES string of the molecule is CN1CCCC(CN2CCC(=O)NC(C(C)(C)C)C2=O)C1. The van der Waals surface area contributed by atoms with E-state index in [1.54, 1.807) is 0 Å². The van der Waals surface area contributed by atoms with Gasteiger partial charge in [0.1, 0.15) is 6.04 Å². The number of nitrogens with zero attached hydrogens (tertiary/aromatic N) is 2. The molecular formula is C16H29N3O2. The van der Waals surface area contributed by atoms with Gasteiger partial charge in [0.25, 0.3) is 0 Å². The van der Waals surface area contributed by atoms with Crippen molar-refractivity contribution in [3.8, 4) is 0 Å². The van der Waals surface area contributed by atoms with Crippen molar-refractivity contribution in [1.29, 1.82) is 0 Å². The van der Waals surface area contributed by atoms with Gasteiger partial charge in [-0.25, -0.2) is 0 Å². The first kappa shape index (κ1) is 16.3. The zero-order valence-electron chi connectivity index (χ0n) is 13.8. The number of nitrogens with one attached hydrogen (secondary N) is 1. The summed E-state index contributed by atoms with van der Waals surface area (Å²) in [5.74, 6) is 0.606. The third kappa shape index (κ3) is 4.19. The number of carbonyl (C=O) groups is 2. The summed E-state index contributed by atoms with van der Waals surface area (Å²) in [4.78, 5) is 28.9. The average Bonchev–Trinajstić information content (AvgIpc) is 2.51. The smallest absolute Gasteiger partial charge is 0.245 e. The van der Waals surface area contributed by atoms with Crippen LogP contribution in [0, 0.1) is 11.3 Å². The summed E-state index contributed by atoms with van der Waals surface area (Å²) < 4.78 is 0. The van der Waals surface area contributed by atoms with Crippen molar-refractivity contribution >= 4 is 11.8 Å². The molecule has 2 saturated heterocycles. The minimum atomic E-state index is -0.408. The Morgan fingerprint density at radius 3 is 2.57 bits per heavy atom. The minimum absolute atomic E-state index is 0.00784. The normalized spacial score (nSPS) is 29.2. The van der Waals surface area contributed by atoms with E-state index in [2.05, 4.69) is 17.3 Å². The van der Waals surface area contributed by atoms with Crippen LogP contribution in [-0.2, 0) is 9.59 Å². The van der Waals surface area contributed by atoms with Crippen molar-refractivity contribution in [3.63, 3.8) is 0 Å². The van der Waals surface area contributed by atoms with E-state index in [9.17, 15) is 9.59 Å². The molecule has 0 aromatic heterocycles. The first-order valence-corrected chi connectivity index (χ1v) is 8.04. The largest absolute Gasteiger partial charge is 0.344 e. The molecule has 0 radical (unpaired) electrons. The van der Waals surface area contributed by atoms with Gasteiger partial charge in [-0.3, -0.25) is 9.59 Å². The summed E-state index contributed by atoms with van der Waals surface area (Å²) in [7, 11) is 2.14. The molecule has 2 heterocycles. The maximum atomic E-state index is 12.8. The Balaban J connectivity index is 2.07. The fourth-order valence-corrected chi connectivity index (χ4v) is 3.33. The minimum Gasteiger partial charge on any atom is -0.344 e. The van der Waals surface area contributed by atoms with Crippen LogP contribution in [0.15, 0.2) is 0 Å². The molecule has 0 spiro atoms. The molecule has 5 nitrogen and oxygen atoms in total. The van der Waals surface area contributed by atoms with Gasteiger partial charge in [0.15, 0.2) is 0 Å². The number of amides is 2. The van der Waals surface area contributed by atoms with Crippen molar-refractivity contribution in [1.82, 2.24) is 15.1 Å². The molecule has 2 aliphatic heterocycles. The van der Waals surface area contributed by atoms with Crippen LogP contribution in [0.25, 0.3) is 0 Å². The molecule has 21 heavy (non-hydrogen) atoms. The van der Waals surface area contributed by atoms with Crippen LogP contribution in [0.1, 0.15) is 40.0 Å². The van der Waals surface area contributed by atoms with Crippen molar-refractivity contribution in [2.75, 3.05) is 33.2 Å². The molecule has 120 valence electrons. The van der Waals surface area contributed by atoms with Crippen LogP contribution in [-0.4, -0.2) is 60.9 Å². The van der Waals surface area contributed by atoms with E-state index in [1.807, 2.05) is 25.7 Å². The average molecular weight is 295 g/mol. The quantitative estimate of drug-likeness (QED) is 0.830. The molecule has 2 amide bonds. The lowest BCUT2D eigenvalue weighted by Crippen LogP contribution is -2.53.